The van der Waals surface area contributed by atoms with E-state index in [9.17, 15) is 14.4 Å². The Bertz CT molecular complexity index is 1380. The number of likely N-dealkylation sites (tertiary alicyclic amines) is 1. The molecule has 4 bridgehead atoms. The van der Waals surface area contributed by atoms with Crippen molar-refractivity contribution in [3.63, 3.8) is 0 Å². The van der Waals surface area contributed by atoms with E-state index in [4.69, 9.17) is 9.47 Å². The van der Waals surface area contributed by atoms with E-state index in [1.54, 1.807) is 11.9 Å². The first-order chi connectivity index (χ1) is 19.3. The summed E-state index contributed by atoms with van der Waals surface area (Å²) in [4.78, 5) is 46.5. The van der Waals surface area contributed by atoms with Crippen molar-refractivity contribution in [3.8, 4) is 11.5 Å². The fourth-order valence-electron chi connectivity index (χ4n) is 5.05. The highest BCUT2D eigenvalue weighted by Crippen LogP contribution is 2.25. The number of rotatable bonds is 2. The van der Waals surface area contributed by atoms with Gasteiger partial charge in [-0.05, 0) is 55.2 Å². The number of carbonyl (C=O) groups is 3. The quantitative estimate of drug-likeness (QED) is 0.513. The molecule has 1 fully saturated rings. The van der Waals surface area contributed by atoms with Gasteiger partial charge in [-0.15, -0.1) is 11.3 Å². The lowest BCUT2D eigenvalue weighted by Gasteiger charge is -2.39. The van der Waals surface area contributed by atoms with Crippen LogP contribution in [0.5, 0.6) is 11.5 Å². The molecule has 1 saturated heterocycles. The van der Waals surface area contributed by atoms with Gasteiger partial charge in [0.1, 0.15) is 11.5 Å². The first-order valence-corrected chi connectivity index (χ1v) is 14.4. The van der Waals surface area contributed by atoms with Crippen LogP contribution in [0.3, 0.4) is 0 Å². The first-order valence-electron chi connectivity index (χ1n) is 13.5. The van der Waals surface area contributed by atoms with Crippen molar-refractivity contribution in [3.05, 3.63) is 75.7 Å². The minimum Gasteiger partial charge on any atom is -0.457 e. The monoisotopic (exact) mass is 562 g/mol. The molecule has 3 aromatic rings. The van der Waals surface area contributed by atoms with E-state index in [0.717, 1.165) is 21.8 Å². The molecule has 3 heterocycles. The van der Waals surface area contributed by atoms with Crippen LogP contribution in [0.25, 0.3) is 0 Å². The summed E-state index contributed by atoms with van der Waals surface area (Å²) in [6.07, 6.45) is 1.31. The molecule has 1 N–H and O–H groups in total. The molecule has 40 heavy (non-hydrogen) atoms. The zero-order valence-electron chi connectivity index (χ0n) is 22.8. The normalized spacial score (nSPS) is 20.6. The van der Waals surface area contributed by atoms with Gasteiger partial charge in [0, 0.05) is 31.9 Å². The van der Waals surface area contributed by atoms with Crippen molar-refractivity contribution < 1.29 is 23.9 Å². The highest BCUT2D eigenvalue weighted by Gasteiger charge is 2.34. The summed E-state index contributed by atoms with van der Waals surface area (Å²) in [5.41, 5.74) is 2.68. The molecule has 2 aromatic carbocycles. The Labute approximate surface area is 238 Å². The highest BCUT2D eigenvalue weighted by atomic mass is 32.1. The Kier molecular flexibility index (Phi) is 8.76. The van der Waals surface area contributed by atoms with E-state index in [1.165, 1.54) is 16.2 Å². The lowest BCUT2D eigenvalue weighted by atomic mass is 10.0. The van der Waals surface area contributed by atoms with Crippen molar-refractivity contribution >= 4 is 29.1 Å². The minimum absolute atomic E-state index is 0.0298. The van der Waals surface area contributed by atoms with Crippen molar-refractivity contribution in [1.29, 1.82) is 0 Å². The third-order valence-electron chi connectivity index (χ3n) is 7.18. The van der Waals surface area contributed by atoms with Gasteiger partial charge in [-0.1, -0.05) is 24.3 Å². The Hall–Kier alpha value is -3.76. The average Bonchev–Trinajstić information content (AvgIpc) is 3.35. The number of nitrogens with zero attached hydrogens (tertiary/aromatic N) is 3. The number of hydrogen-bond donors (Lipinski definition) is 1. The van der Waals surface area contributed by atoms with Gasteiger partial charge in [-0.2, -0.15) is 0 Å². The summed E-state index contributed by atoms with van der Waals surface area (Å²) in [6, 6.07) is 15.0. The van der Waals surface area contributed by atoms with Crippen LogP contribution in [0, 0.1) is 6.92 Å². The van der Waals surface area contributed by atoms with E-state index in [1.807, 2.05) is 60.8 Å². The number of likely N-dealkylation sites (N-methyl/N-ethyl adjacent to an activating group) is 1. The molecule has 9 nitrogen and oxygen atoms in total. The molecule has 210 valence electrons. The number of carbonyl (C=O) groups excluding carboxylic acids is 3. The third-order valence-corrected chi connectivity index (χ3v) is 8.00. The summed E-state index contributed by atoms with van der Waals surface area (Å²) < 4.78 is 12.4. The molecule has 1 aromatic heterocycles. The van der Waals surface area contributed by atoms with Crippen LogP contribution in [-0.2, 0) is 38.6 Å². The van der Waals surface area contributed by atoms with Crippen LogP contribution in [0.4, 0.5) is 0 Å². The Morgan fingerprint density at radius 3 is 2.60 bits per heavy atom. The highest BCUT2D eigenvalue weighted by molar-refractivity contribution is 7.09. The van der Waals surface area contributed by atoms with Crippen LogP contribution in [-0.4, -0.2) is 71.3 Å². The summed E-state index contributed by atoms with van der Waals surface area (Å²) in [5, 5.41) is 5.88. The minimum atomic E-state index is -0.413. The van der Waals surface area contributed by atoms with Crippen molar-refractivity contribution in [2.45, 2.75) is 51.4 Å². The van der Waals surface area contributed by atoms with Gasteiger partial charge in [0.05, 0.1) is 42.4 Å². The number of ether oxygens (including phenoxy) is 2. The van der Waals surface area contributed by atoms with Crippen molar-refractivity contribution in [2.24, 2.45) is 0 Å². The molecule has 0 spiro atoms. The van der Waals surface area contributed by atoms with Crippen LogP contribution in [0.15, 0.2) is 53.9 Å². The van der Waals surface area contributed by atoms with E-state index >= 15 is 0 Å². The summed E-state index contributed by atoms with van der Waals surface area (Å²) in [7, 11) is 1.63. The number of benzene rings is 2. The van der Waals surface area contributed by atoms with E-state index < -0.39 is 6.04 Å². The lowest BCUT2D eigenvalue weighted by molar-refractivity contribution is -0.138. The first kappa shape index (κ1) is 27.8. The SMILES string of the molecule is Cc1nc(CC(=O)N2CC[C@H]3OCc4cccc(c4)Oc4cccc(c4)CCC(=O)N(C)CC(=O)N[C@H]3C2)cs1. The molecule has 10 heteroatoms. The second-order valence-corrected chi connectivity index (χ2v) is 11.4. The molecule has 2 aliphatic rings. The van der Waals surface area contributed by atoms with Crippen LogP contribution >= 0.6 is 11.3 Å². The molecule has 0 aliphatic carbocycles. The number of amides is 3. The fraction of sp³-hybridized carbons (Fsp3) is 0.400. The molecule has 0 radical (unpaired) electrons. The van der Waals surface area contributed by atoms with Gasteiger partial charge in [-0.25, -0.2) is 4.98 Å². The van der Waals surface area contributed by atoms with Gasteiger partial charge >= 0.3 is 0 Å². The molecular weight excluding hydrogens is 528 g/mol. The van der Waals surface area contributed by atoms with Gasteiger partial charge < -0.3 is 24.6 Å². The van der Waals surface area contributed by atoms with E-state index in [2.05, 4.69) is 10.3 Å². The number of thiazole rings is 1. The Balaban J connectivity index is 1.34. The van der Waals surface area contributed by atoms with Crippen LogP contribution < -0.4 is 10.1 Å². The molecular formula is C30H34N4O5S. The number of aryl methyl sites for hydroxylation is 2. The van der Waals surface area contributed by atoms with Crippen molar-refractivity contribution in [2.75, 3.05) is 26.7 Å². The second kappa shape index (κ2) is 12.6. The third kappa shape index (κ3) is 7.25. The number of aromatic nitrogens is 1. The average molecular weight is 563 g/mol. The largest absolute Gasteiger partial charge is 0.457 e. The lowest BCUT2D eigenvalue weighted by Crippen LogP contribution is -2.58. The topological polar surface area (TPSA) is 101 Å². The van der Waals surface area contributed by atoms with Gasteiger partial charge in [0.25, 0.3) is 0 Å². The Morgan fingerprint density at radius 1 is 1.10 bits per heavy atom. The predicted octanol–water partition coefficient (Wildman–Crippen LogP) is 3.49. The van der Waals surface area contributed by atoms with Gasteiger partial charge in [-0.3, -0.25) is 14.4 Å². The van der Waals surface area contributed by atoms with E-state index in [-0.39, 0.29) is 43.2 Å². The van der Waals surface area contributed by atoms with Gasteiger partial charge in [0.2, 0.25) is 17.7 Å². The second-order valence-electron chi connectivity index (χ2n) is 10.3. The molecule has 3 amide bonds. The summed E-state index contributed by atoms with van der Waals surface area (Å²) in [5.74, 6) is 0.955. The standard InChI is InChI=1S/C30H34N4O5S/c1-20-31-23(19-40-20)15-30(37)34-12-11-27-26(16-34)32-28(35)17-33(2)29(36)10-9-21-5-3-7-24(13-21)39-25-8-4-6-22(14-25)18-38-27/h3-8,13-14,19,26-27H,9-12,15-18H2,1-2H3,(H,32,35)/t26-,27+/m0/s1. The molecule has 2 aliphatic heterocycles. The molecule has 0 unspecified atom stereocenters. The summed E-state index contributed by atoms with van der Waals surface area (Å²) >= 11 is 1.52. The number of piperidine rings is 1. The zero-order chi connectivity index (χ0) is 28.1. The van der Waals surface area contributed by atoms with Gasteiger partial charge in [0.15, 0.2) is 0 Å². The summed E-state index contributed by atoms with van der Waals surface area (Å²) in [6.45, 7) is 3.03. The number of fused-ring (bicyclic) bond motifs is 5. The number of hydrogen-bond acceptors (Lipinski definition) is 7. The molecule has 5 rings (SSSR count). The van der Waals surface area contributed by atoms with E-state index in [0.29, 0.717) is 44.0 Å². The number of nitrogens with one attached hydrogen (secondary N) is 1. The predicted molar refractivity (Wildman–Crippen MR) is 151 cm³/mol. The Morgan fingerprint density at radius 2 is 1.85 bits per heavy atom. The molecule has 0 saturated carbocycles. The maximum absolute atomic E-state index is 13.1. The fourth-order valence-corrected chi connectivity index (χ4v) is 5.66. The maximum atomic E-state index is 13.1. The van der Waals surface area contributed by atoms with Crippen LogP contribution in [0.1, 0.15) is 34.7 Å². The zero-order valence-corrected chi connectivity index (χ0v) is 23.6. The maximum Gasteiger partial charge on any atom is 0.239 e. The smallest absolute Gasteiger partial charge is 0.239 e. The van der Waals surface area contributed by atoms with Crippen molar-refractivity contribution in [1.82, 2.24) is 20.1 Å². The molecule has 2 atom stereocenters. The van der Waals surface area contributed by atoms with Crippen LogP contribution in [0.2, 0.25) is 0 Å².